The second-order valence-electron chi connectivity index (χ2n) is 6.12. The minimum Gasteiger partial charge on any atom is -0.494 e. The van der Waals surface area contributed by atoms with Crippen LogP contribution in [0, 0.1) is 5.92 Å². The van der Waals surface area contributed by atoms with E-state index in [9.17, 15) is 9.59 Å². The second-order valence-corrected chi connectivity index (χ2v) is 7.03. The van der Waals surface area contributed by atoms with Gasteiger partial charge in [-0.3, -0.25) is 9.59 Å². The lowest BCUT2D eigenvalue weighted by molar-refractivity contribution is -0.126. The van der Waals surface area contributed by atoms with Crippen LogP contribution >= 0.6 is 15.9 Å². The van der Waals surface area contributed by atoms with Crippen LogP contribution in [-0.2, 0) is 9.59 Å². The maximum absolute atomic E-state index is 12.3. The summed E-state index contributed by atoms with van der Waals surface area (Å²) in [5.74, 6) is 0.0490. The molecule has 1 aliphatic heterocycles. The number of hydrogen-bond donors (Lipinski definition) is 1. The van der Waals surface area contributed by atoms with E-state index in [1.165, 1.54) is 0 Å². The Morgan fingerprint density at radius 1 is 1.26 bits per heavy atom. The lowest BCUT2D eigenvalue weighted by Crippen LogP contribution is -2.30. The Bertz CT molecular complexity index is 835. The van der Waals surface area contributed by atoms with Crippen molar-refractivity contribution in [3.8, 4) is 5.75 Å². The van der Waals surface area contributed by atoms with Gasteiger partial charge < -0.3 is 9.64 Å². The van der Waals surface area contributed by atoms with Gasteiger partial charge in [-0.2, -0.15) is 5.10 Å². The normalized spacial score (nSPS) is 16.7. The van der Waals surface area contributed by atoms with Gasteiger partial charge in [0.2, 0.25) is 11.8 Å². The number of carbonyl (C=O) groups excluding carboxylic acids is 2. The standard InChI is InChI=1S/C20H20BrN3O3/c1-2-27-18-9-3-14(4-10-18)12-22-23-20(26)15-11-19(25)24(13-15)17-7-5-16(21)6-8-17/h3-10,12,15H,2,11,13H2,1H3,(H,23,26)/b22-12+/t15-/m1/s1. The van der Waals surface area contributed by atoms with Crippen molar-refractivity contribution in [1.82, 2.24) is 5.43 Å². The molecule has 0 bridgehead atoms. The minimum absolute atomic E-state index is 0.0621. The van der Waals surface area contributed by atoms with Gasteiger partial charge in [-0.1, -0.05) is 15.9 Å². The molecule has 2 aromatic carbocycles. The summed E-state index contributed by atoms with van der Waals surface area (Å²) >= 11 is 3.37. The van der Waals surface area contributed by atoms with Gasteiger partial charge in [-0.05, 0) is 61.0 Å². The minimum atomic E-state index is -0.418. The van der Waals surface area contributed by atoms with Gasteiger partial charge >= 0.3 is 0 Å². The molecule has 1 saturated heterocycles. The number of amides is 2. The number of nitrogens with zero attached hydrogens (tertiary/aromatic N) is 2. The smallest absolute Gasteiger partial charge is 0.245 e. The van der Waals surface area contributed by atoms with Crippen molar-refractivity contribution in [3.05, 3.63) is 58.6 Å². The molecule has 0 aliphatic carbocycles. The van der Waals surface area contributed by atoms with Gasteiger partial charge in [-0.25, -0.2) is 5.43 Å². The average Bonchev–Trinajstić information content (AvgIpc) is 3.06. The molecule has 1 fully saturated rings. The number of nitrogens with one attached hydrogen (secondary N) is 1. The van der Waals surface area contributed by atoms with Crippen LogP contribution in [0.4, 0.5) is 5.69 Å². The van der Waals surface area contributed by atoms with Crippen molar-refractivity contribution < 1.29 is 14.3 Å². The molecule has 0 saturated carbocycles. The van der Waals surface area contributed by atoms with Crippen molar-refractivity contribution in [2.45, 2.75) is 13.3 Å². The van der Waals surface area contributed by atoms with E-state index in [0.29, 0.717) is 13.2 Å². The molecule has 0 aromatic heterocycles. The van der Waals surface area contributed by atoms with E-state index >= 15 is 0 Å². The molecule has 1 N–H and O–H groups in total. The fourth-order valence-electron chi connectivity index (χ4n) is 2.83. The zero-order valence-electron chi connectivity index (χ0n) is 14.9. The number of rotatable bonds is 6. The molecule has 27 heavy (non-hydrogen) atoms. The highest BCUT2D eigenvalue weighted by atomic mass is 79.9. The highest BCUT2D eigenvalue weighted by molar-refractivity contribution is 9.10. The van der Waals surface area contributed by atoms with Gasteiger partial charge in [0.15, 0.2) is 0 Å². The molecule has 0 radical (unpaired) electrons. The zero-order valence-corrected chi connectivity index (χ0v) is 16.5. The molecule has 0 unspecified atom stereocenters. The third kappa shape index (κ3) is 4.95. The Hall–Kier alpha value is -2.67. The van der Waals surface area contributed by atoms with Crippen LogP contribution in [0.5, 0.6) is 5.75 Å². The molecule has 0 spiro atoms. The Kier molecular flexibility index (Phi) is 6.24. The van der Waals surface area contributed by atoms with E-state index in [2.05, 4.69) is 26.5 Å². The van der Waals surface area contributed by atoms with Gasteiger partial charge in [0, 0.05) is 23.1 Å². The fourth-order valence-corrected chi connectivity index (χ4v) is 3.10. The number of halogens is 1. The third-order valence-corrected chi connectivity index (χ3v) is 4.74. The quantitative estimate of drug-likeness (QED) is 0.565. The molecule has 140 valence electrons. The molecule has 1 aliphatic rings. The second kappa shape index (κ2) is 8.81. The van der Waals surface area contributed by atoms with Crippen LogP contribution in [0.25, 0.3) is 0 Å². The van der Waals surface area contributed by atoms with E-state index in [4.69, 9.17) is 4.74 Å². The van der Waals surface area contributed by atoms with E-state index < -0.39 is 5.92 Å². The molecule has 6 nitrogen and oxygen atoms in total. The van der Waals surface area contributed by atoms with E-state index in [-0.39, 0.29) is 18.2 Å². The number of hydrogen-bond acceptors (Lipinski definition) is 4. The van der Waals surface area contributed by atoms with Crippen LogP contribution in [0.2, 0.25) is 0 Å². The van der Waals surface area contributed by atoms with Crippen molar-refractivity contribution in [2.75, 3.05) is 18.1 Å². The molecular weight excluding hydrogens is 410 g/mol. The lowest BCUT2D eigenvalue weighted by Gasteiger charge is -2.16. The van der Waals surface area contributed by atoms with Crippen LogP contribution in [0.15, 0.2) is 58.1 Å². The first kappa shape index (κ1) is 19.1. The molecule has 1 atom stereocenters. The largest absolute Gasteiger partial charge is 0.494 e. The fraction of sp³-hybridized carbons (Fsp3) is 0.250. The van der Waals surface area contributed by atoms with E-state index in [0.717, 1.165) is 21.5 Å². The van der Waals surface area contributed by atoms with Gasteiger partial charge in [0.1, 0.15) is 5.75 Å². The molecule has 3 rings (SSSR count). The summed E-state index contributed by atoms with van der Waals surface area (Å²) in [6.45, 7) is 2.89. The Morgan fingerprint density at radius 2 is 1.96 bits per heavy atom. The summed E-state index contributed by atoms with van der Waals surface area (Å²) in [7, 11) is 0. The molecular formula is C20H20BrN3O3. The first-order valence-corrected chi connectivity index (χ1v) is 9.48. The third-order valence-electron chi connectivity index (χ3n) is 4.21. The van der Waals surface area contributed by atoms with Crippen molar-refractivity contribution in [2.24, 2.45) is 11.0 Å². The summed E-state index contributed by atoms with van der Waals surface area (Å²) in [5.41, 5.74) is 4.16. The van der Waals surface area contributed by atoms with E-state index in [1.54, 1.807) is 11.1 Å². The average molecular weight is 430 g/mol. The summed E-state index contributed by atoms with van der Waals surface area (Å²) in [6, 6.07) is 14.9. The van der Waals surface area contributed by atoms with Gasteiger partial charge in [0.25, 0.3) is 0 Å². The SMILES string of the molecule is CCOc1ccc(/C=N/NC(=O)[C@@H]2CC(=O)N(c3ccc(Br)cc3)C2)cc1. The summed E-state index contributed by atoms with van der Waals surface area (Å²) < 4.78 is 6.32. The molecule has 2 aromatic rings. The number of anilines is 1. The summed E-state index contributed by atoms with van der Waals surface area (Å²) in [4.78, 5) is 26.2. The Labute approximate surface area is 166 Å². The number of ether oxygens (including phenoxy) is 1. The number of carbonyl (C=O) groups is 2. The molecule has 1 heterocycles. The van der Waals surface area contributed by atoms with E-state index in [1.807, 2.05) is 55.5 Å². The predicted molar refractivity (Wildman–Crippen MR) is 108 cm³/mol. The molecule has 2 amide bonds. The monoisotopic (exact) mass is 429 g/mol. The first-order chi connectivity index (χ1) is 13.1. The maximum Gasteiger partial charge on any atom is 0.245 e. The highest BCUT2D eigenvalue weighted by Crippen LogP contribution is 2.26. The summed E-state index contributed by atoms with van der Waals surface area (Å²) in [6.07, 6.45) is 1.75. The zero-order chi connectivity index (χ0) is 19.2. The molecule has 7 heteroatoms. The van der Waals surface area contributed by atoms with Crippen LogP contribution in [-0.4, -0.2) is 31.2 Å². The maximum atomic E-state index is 12.3. The van der Waals surface area contributed by atoms with Crippen molar-refractivity contribution in [1.29, 1.82) is 0 Å². The van der Waals surface area contributed by atoms with Crippen molar-refractivity contribution >= 4 is 39.6 Å². The van der Waals surface area contributed by atoms with Crippen molar-refractivity contribution in [3.63, 3.8) is 0 Å². The van der Waals surface area contributed by atoms with Crippen LogP contribution in [0.1, 0.15) is 18.9 Å². The predicted octanol–water partition coefficient (Wildman–Crippen LogP) is 3.35. The van der Waals surface area contributed by atoms with Gasteiger partial charge in [-0.15, -0.1) is 0 Å². The van der Waals surface area contributed by atoms with Gasteiger partial charge in [0.05, 0.1) is 18.7 Å². The first-order valence-electron chi connectivity index (χ1n) is 8.68. The Balaban J connectivity index is 1.55. The topological polar surface area (TPSA) is 71.0 Å². The Morgan fingerprint density at radius 3 is 2.63 bits per heavy atom. The summed E-state index contributed by atoms with van der Waals surface area (Å²) in [5, 5.41) is 3.99. The number of benzene rings is 2. The highest BCUT2D eigenvalue weighted by Gasteiger charge is 2.35. The number of hydrazone groups is 1. The van der Waals surface area contributed by atoms with Crippen LogP contribution in [0.3, 0.4) is 0 Å². The lowest BCUT2D eigenvalue weighted by atomic mass is 10.1. The van der Waals surface area contributed by atoms with Crippen LogP contribution < -0.4 is 15.1 Å².